The number of hydrogen-bond acceptors (Lipinski definition) is 2. The van der Waals surface area contributed by atoms with Gasteiger partial charge in [-0.25, -0.2) is 0 Å². The van der Waals surface area contributed by atoms with E-state index in [9.17, 15) is 4.79 Å². The SMILES string of the molecule is CC(C)n1nccc1[C@H]1C[C@@H]1C(=O)O. The minimum absolute atomic E-state index is 0.178. The van der Waals surface area contributed by atoms with Gasteiger partial charge >= 0.3 is 5.97 Å². The van der Waals surface area contributed by atoms with Crippen LogP contribution in [-0.4, -0.2) is 20.9 Å². The smallest absolute Gasteiger partial charge is 0.307 e. The maximum atomic E-state index is 10.7. The van der Waals surface area contributed by atoms with Gasteiger partial charge in [0.15, 0.2) is 0 Å². The predicted molar refractivity (Wildman–Crippen MR) is 51.1 cm³/mol. The highest BCUT2D eigenvalue weighted by Crippen LogP contribution is 2.47. The molecule has 0 amide bonds. The molecule has 1 N–H and O–H groups in total. The third-order valence-electron chi connectivity index (χ3n) is 2.68. The molecule has 0 radical (unpaired) electrons. The van der Waals surface area contributed by atoms with Gasteiger partial charge in [0, 0.05) is 23.9 Å². The Morgan fingerprint density at radius 2 is 2.43 bits per heavy atom. The van der Waals surface area contributed by atoms with E-state index in [-0.39, 0.29) is 11.8 Å². The van der Waals surface area contributed by atoms with Gasteiger partial charge in [-0.3, -0.25) is 9.48 Å². The molecule has 4 heteroatoms. The van der Waals surface area contributed by atoms with E-state index in [1.165, 1.54) is 0 Å². The molecule has 1 aliphatic carbocycles. The quantitative estimate of drug-likeness (QED) is 0.796. The fourth-order valence-electron chi connectivity index (χ4n) is 1.84. The van der Waals surface area contributed by atoms with Crippen LogP contribution in [-0.2, 0) is 4.79 Å². The second-order valence-electron chi connectivity index (χ2n) is 4.08. The first-order valence-corrected chi connectivity index (χ1v) is 4.87. The molecule has 0 aliphatic heterocycles. The summed E-state index contributed by atoms with van der Waals surface area (Å²) >= 11 is 0. The summed E-state index contributed by atoms with van der Waals surface area (Å²) in [6.07, 6.45) is 2.50. The Morgan fingerprint density at radius 1 is 1.71 bits per heavy atom. The highest BCUT2D eigenvalue weighted by atomic mass is 16.4. The molecule has 0 unspecified atom stereocenters. The normalized spacial score (nSPS) is 25.4. The average Bonchev–Trinajstić information content (AvgIpc) is 2.75. The van der Waals surface area contributed by atoms with E-state index in [1.807, 2.05) is 10.7 Å². The molecule has 76 valence electrons. The number of aliphatic carboxylic acids is 1. The zero-order chi connectivity index (χ0) is 10.3. The molecule has 4 nitrogen and oxygen atoms in total. The summed E-state index contributed by atoms with van der Waals surface area (Å²) < 4.78 is 1.91. The van der Waals surface area contributed by atoms with Crippen LogP contribution in [0.5, 0.6) is 0 Å². The fourth-order valence-corrected chi connectivity index (χ4v) is 1.84. The monoisotopic (exact) mass is 194 g/mol. The maximum absolute atomic E-state index is 10.7. The molecule has 2 rings (SSSR count). The molecule has 1 aliphatic rings. The van der Waals surface area contributed by atoms with Crippen molar-refractivity contribution in [1.82, 2.24) is 9.78 Å². The van der Waals surface area contributed by atoms with Crippen molar-refractivity contribution in [3.8, 4) is 0 Å². The number of carboxylic acids is 1. The summed E-state index contributed by atoms with van der Waals surface area (Å²) in [6.45, 7) is 4.10. The van der Waals surface area contributed by atoms with Crippen LogP contribution in [0.3, 0.4) is 0 Å². The Hall–Kier alpha value is -1.32. The van der Waals surface area contributed by atoms with Crippen molar-refractivity contribution < 1.29 is 9.90 Å². The van der Waals surface area contributed by atoms with Gasteiger partial charge in [-0.15, -0.1) is 0 Å². The zero-order valence-corrected chi connectivity index (χ0v) is 8.34. The second-order valence-corrected chi connectivity index (χ2v) is 4.08. The van der Waals surface area contributed by atoms with E-state index in [4.69, 9.17) is 5.11 Å². The summed E-state index contributed by atoms with van der Waals surface area (Å²) in [5.74, 6) is -0.701. The van der Waals surface area contributed by atoms with Crippen LogP contribution in [0.2, 0.25) is 0 Å². The molecule has 1 fully saturated rings. The van der Waals surface area contributed by atoms with E-state index >= 15 is 0 Å². The molecule has 1 saturated carbocycles. The van der Waals surface area contributed by atoms with E-state index in [0.717, 1.165) is 12.1 Å². The molecule has 1 heterocycles. The van der Waals surface area contributed by atoms with Crippen molar-refractivity contribution in [2.24, 2.45) is 5.92 Å². The summed E-state index contributed by atoms with van der Waals surface area (Å²) in [6, 6.07) is 2.23. The lowest BCUT2D eigenvalue weighted by molar-refractivity contribution is -0.138. The molecule has 0 saturated heterocycles. The number of rotatable bonds is 3. The minimum atomic E-state index is -0.688. The molecule has 1 aromatic heterocycles. The van der Waals surface area contributed by atoms with Crippen molar-refractivity contribution in [3.05, 3.63) is 18.0 Å². The largest absolute Gasteiger partial charge is 0.481 e. The van der Waals surface area contributed by atoms with Crippen LogP contribution in [0, 0.1) is 5.92 Å². The highest BCUT2D eigenvalue weighted by molar-refractivity contribution is 5.75. The second kappa shape index (κ2) is 3.12. The van der Waals surface area contributed by atoms with Crippen LogP contribution in [0.25, 0.3) is 0 Å². The summed E-state index contributed by atoms with van der Waals surface area (Å²) in [7, 11) is 0. The molecule has 1 aromatic rings. The molecule has 14 heavy (non-hydrogen) atoms. The van der Waals surface area contributed by atoms with E-state index < -0.39 is 5.97 Å². The van der Waals surface area contributed by atoms with Crippen molar-refractivity contribution in [2.75, 3.05) is 0 Å². The molecular weight excluding hydrogens is 180 g/mol. The lowest BCUT2D eigenvalue weighted by atomic mass is 10.2. The lowest BCUT2D eigenvalue weighted by Gasteiger charge is -2.09. The van der Waals surface area contributed by atoms with Crippen LogP contribution in [0.4, 0.5) is 0 Å². The zero-order valence-electron chi connectivity index (χ0n) is 8.34. The van der Waals surface area contributed by atoms with Crippen molar-refractivity contribution >= 4 is 5.97 Å². The van der Waals surface area contributed by atoms with Crippen molar-refractivity contribution in [2.45, 2.75) is 32.2 Å². The Labute approximate surface area is 82.5 Å². The van der Waals surface area contributed by atoms with Gasteiger partial charge in [-0.1, -0.05) is 0 Å². The van der Waals surface area contributed by atoms with Gasteiger partial charge in [0.05, 0.1) is 5.92 Å². The summed E-state index contributed by atoms with van der Waals surface area (Å²) in [5.41, 5.74) is 1.06. The van der Waals surface area contributed by atoms with Crippen LogP contribution in [0.1, 0.15) is 37.9 Å². The van der Waals surface area contributed by atoms with Crippen molar-refractivity contribution in [1.29, 1.82) is 0 Å². The summed E-state index contributed by atoms with van der Waals surface area (Å²) in [5, 5.41) is 13.0. The van der Waals surface area contributed by atoms with Gasteiger partial charge in [0.25, 0.3) is 0 Å². The van der Waals surface area contributed by atoms with Crippen LogP contribution < -0.4 is 0 Å². The third kappa shape index (κ3) is 1.41. The van der Waals surface area contributed by atoms with E-state index in [0.29, 0.717) is 6.04 Å². The Kier molecular flexibility index (Phi) is 2.06. The minimum Gasteiger partial charge on any atom is -0.481 e. The number of hydrogen-bond donors (Lipinski definition) is 1. The molecule has 0 bridgehead atoms. The number of nitrogens with zero attached hydrogens (tertiary/aromatic N) is 2. The molecule has 0 aromatic carbocycles. The fraction of sp³-hybridized carbons (Fsp3) is 0.600. The van der Waals surface area contributed by atoms with E-state index in [2.05, 4.69) is 18.9 Å². The van der Waals surface area contributed by atoms with Gasteiger partial charge in [-0.2, -0.15) is 5.10 Å². The van der Waals surface area contributed by atoms with Gasteiger partial charge in [0.2, 0.25) is 0 Å². The number of carbonyl (C=O) groups is 1. The van der Waals surface area contributed by atoms with Gasteiger partial charge < -0.3 is 5.11 Å². The first-order valence-electron chi connectivity index (χ1n) is 4.87. The average molecular weight is 194 g/mol. The van der Waals surface area contributed by atoms with Gasteiger partial charge in [-0.05, 0) is 26.3 Å². The summed E-state index contributed by atoms with van der Waals surface area (Å²) in [4.78, 5) is 10.7. The Morgan fingerprint density at radius 3 is 2.93 bits per heavy atom. The Balaban J connectivity index is 2.19. The van der Waals surface area contributed by atoms with Gasteiger partial charge in [0.1, 0.15) is 0 Å². The number of carboxylic acid groups (broad SMARTS) is 1. The molecular formula is C10H14N2O2. The first-order chi connectivity index (χ1) is 6.61. The molecule has 0 spiro atoms. The highest BCUT2D eigenvalue weighted by Gasteiger charge is 2.46. The van der Waals surface area contributed by atoms with Crippen LogP contribution in [0.15, 0.2) is 12.3 Å². The topological polar surface area (TPSA) is 55.1 Å². The van der Waals surface area contributed by atoms with Crippen LogP contribution >= 0.6 is 0 Å². The number of aromatic nitrogens is 2. The maximum Gasteiger partial charge on any atom is 0.307 e. The third-order valence-corrected chi connectivity index (χ3v) is 2.68. The predicted octanol–water partition coefficient (Wildman–Crippen LogP) is 1.65. The lowest BCUT2D eigenvalue weighted by Crippen LogP contribution is -2.08. The molecule has 2 atom stereocenters. The standard InChI is InChI=1S/C10H14N2O2/c1-6(2)12-9(3-4-11-12)7-5-8(7)10(13)14/h3-4,6-8H,5H2,1-2H3,(H,13,14)/t7-,8-/m0/s1. The Bertz CT molecular complexity index is 357. The van der Waals surface area contributed by atoms with E-state index in [1.54, 1.807) is 6.20 Å². The first kappa shape index (κ1) is 9.24. The van der Waals surface area contributed by atoms with Crippen molar-refractivity contribution in [3.63, 3.8) is 0 Å².